The predicted molar refractivity (Wildman–Crippen MR) is 72.8 cm³/mol. The van der Waals surface area contributed by atoms with Crippen molar-refractivity contribution in [3.8, 4) is 5.69 Å². The Labute approximate surface area is 117 Å². The number of aldehydes is 1. The van der Waals surface area contributed by atoms with Gasteiger partial charge in [-0.2, -0.15) is 5.10 Å². The molecule has 1 aromatic carbocycles. The molecule has 0 N–H and O–H groups in total. The average molecular weight is 324 g/mol. The van der Waals surface area contributed by atoms with Crippen LogP contribution in [0.4, 0.5) is 5.69 Å². The molecular weight excluding hydrogens is 314 g/mol. The molecular formula is C12H10BrN3O3. The van der Waals surface area contributed by atoms with Gasteiger partial charge >= 0.3 is 0 Å². The minimum absolute atomic E-state index is 0.0335. The minimum Gasteiger partial charge on any atom is -0.298 e. The van der Waals surface area contributed by atoms with Crippen LogP contribution in [0.15, 0.2) is 22.7 Å². The summed E-state index contributed by atoms with van der Waals surface area (Å²) >= 11 is 3.41. The normalized spacial score (nSPS) is 10.5. The molecule has 0 amide bonds. The zero-order valence-corrected chi connectivity index (χ0v) is 11.8. The molecule has 7 heteroatoms. The fourth-order valence-electron chi connectivity index (χ4n) is 1.81. The standard InChI is InChI=1S/C12H10BrN3O3/c1-7-12(13)8(2)15(14-7)10-3-4-11(16(18)19)9(5-10)6-17/h3-6H,1-2H3. The van der Waals surface area contributed by atoms with E-state index in [2.05, 4.69) is 21.0 Å². The van der Waals surface area contributed by atoms with Crippen molar-refractivity contribution in [2.24, 2.45) is 0 Å². The van der Waals surface area contributed by atoms with Crippen molar-refractivity contribution in [3.63, 3.8) is 0 Å². The van der Waals surface area contributed by atoms with Gasteiger partial charge < -0.3 is 0 Å². The van der Waals surface area contributed by atoms with Crippen LogP contribution in [-0.2, 0) is 0 Å². The lowest BCUT2D eigenvalue weighted by molar-refractivity contribution is -0.385. The highest BCUT2D eigenvalue weighted by Crippen LogP contribution is 2.25. The SMILES string of the molecule is Cc1nn(-c2ccc([N+](=O)[O-])c(C=O)c2)c(C)c1Br. The molecule has 0 saturated heterocycles. The van der Waals surface area contributed by atoms with Crippen LogP contribution in [0.3, 0.4) is 0 Å². The molecule has 0 radical (unpaired) electrons. The number of rotatable bonds is 3. The van der Waals surface area contributed by atoms with Crippen LogP contribution >= 0.6 is 15.9 Å². The second kappa shape index (κ2) is 4.93. The summed E-state index contributed by atoms with van der Waals surface area (Å²) in [7, 11) is 0. The highest BCUT2D eigenvalue weighted by Gasteiger charge is 2.16. The molecule has 0 saturated carbocycles. The molecule has 0 unspecified atom stereocenters. The van der Waals surface area contributed by atoms with Gasteiger partial charge in [0.15, 0.2) is 6.29 Å². The highest BCUT2D eigenvalue weighted by molar-refractivity contribution is 9.10. The third-order valence-electron chi connectivity index (χ3n) is 2.78. The Bertz CT molecular complexity index is 679. The van der Waals surface area contributed by atoms with E-state index in [0.29, 0.717) is 12.0 Å². The average Bonchev–Trinajstić information content (AvgIpc) is 2.65. The third-order valence-corrected chi connectivity index (χ3v) is 3.93. The van der Waals surface area contributed by atoms with E-state index in [4.69, 9.17) is 0 Å². The lowest BCUT2D eigenvalue weighted by Gasteiger charge is -2.05. The number of hydrogen-bond donors (Lipinski definition) is 0. The van der Waals surface area contributed by atoms with Gasteiger partial charge in [0.25, 0.3) is 5.69 Å². The first-order valence-electron chi connectivity index (χ1n) is 5.41. The van der Waals surface area contributed by atoms with Crippen LogP contribution < -0.4 is 0 Å². The molecule has 19 heavy (non-hydrogen) atoms. The molecule has 0 spiro atoms. The summed E-state index contributed by atoms with van der Waals surface area (Å²) in [6, 6.07) is 4.33. The molecule has 0 bridgehead atoms. The van der Waals surface area contributed by atoms with E-state index in [-0.39, 0.29) is 11.3 Å². The number of carbonyl (C=O) groups is 1. The molecule has 6 nitrogen and oxygen atoms in total. The van der Waals surface area contributed by atoms with E-state index in [0.717, 1.165) is 15.9 Å². The minimum atomic E-state index is -0.579. The lowest BCUT2D eigenvalue weighted by atomic mass is 10.2. The van der Waals surface area contributed by atoms with E-state index in [1.807, 2.05) is 13.8 Å². The number of halogens is 1. The Kier molecular flexibility index (Phi) is 3.48. The molecule has 0 fully saturated rings. The van der Waals surface area contributed by atoms with Gasteiger partial charge in [0, 0.05) is 6.07 Å². The Hall–Kier alpha value is -2.02. The monoisotopic (exact) mass is 323 g/mol. The second-order valence-corrected chi connectivity index (χ2v) is 4.81. The van der Waals surface area contributed by atoms with Crippen molar-refractivity contribution in [2.75, 3.05) is 0 Å². The molecule has 0 aliphatic rings. The number of aryl methyl sites for hydroxylation is 1. The summed E-state index contributed by atoms with van der Waals surface area (Å²) in [5.74, 6) is 0. The molecule has 2 rings (SSSR count). The van der Waals surface area contributed by atoms with E-state index in [9.17, 15) is 14.9 Å². The summed E-state index contributed by atoms with van der Waals surface area (Å²) in [5, 5.41) is 15.1. The second-order valence-electron chi connectivity index (χ2n) is 4.01. The number of carbonyl (C=O) groups excluding carboxylic acids is 1. The van der Waals surface area contributed by atoms with Crippen LogP contribution in [0, 0.1) is 24.0 Å². The van der Waals surface area contributed by atoms with Gasteiger partial charge in [-0.3, -0.25) is 14.9 Å². The van der Waals surface area contributed by atoms with Gasteiger partial charge in [-0.15, -0.1) is 0 Å². The number of nitro benzene ring substituents is 1. The molecule has 0 aliphatic carbocycles. The van der Waals surface area contributed by atoms with Gasteiger partial charge in [-0.05, 0) is 41.9 Å². The number of benzene rings is 1. The van der Waals surface area contributed by atoms with Crippen LogP contribution in [0.5, 0.6) is 0 Å². The summed E-state index contributed by atoms with van der Waals surface area (Å²) < 4.78 is 2.51. The number of nitro groups is 1. The molecule has 2 aromatic rings. The summed E-state index contributed by atoms with van der Waals surface area (Å²) in [5.41, 5.74) is 2.11. The Morgan fingerprint density at radius 3 is 2.58 bits per heavy atom. The first-order valence-corrected chi connectivity index (χ1v) is 6.20. The predicted octanol–water partition coefficient (Wildman–Crippen LogP) is 2.97. The van der Waals surface area contributed by atoms with Crippen molar-refractivity contribution in [1.29, 1.82) is 0 Å². The van der Waals surface area contributed by atoms with Crippen LogP contribution in [0.25, 0.3) is 5.69 Å². The summed E-state index contributed by atoms with van der Waals surface area (Å²) in [4.78, 5) is 21.1. The first-order chi connectivity index (χ1) is 8.95. The number of hydrogen-bond acceptors (Lipinski definition) is 4. The molecule has 98 valence electrons. The summed E-state index contributed by atoms with van der Waals surface area (Å²) in [6.45, 7) is 3.71. The Morgan fingerprint density at radius 2 is 2.11 bits per heavy atom. The van der Waals surface area contributed by atoms with Gasteiger partial charge in [0.1, 0.15) is 0 Å². The fraction of sp³-hybridized carbons (Fsp3) is 0.167. The van der Waals surface area contributed by atoms with Gasteiger partial charge in [-0.25, -0.2) is 4.68 Å². The number of aromatic nitrogens is 2. The van der Waals surface area contributed by atoms with E-state index < -0.39 is 4.92 Å². The van der Waals surface area contributed by atoms with Crippen molar-refractivity contribution in [2.45, 2.75) is 13.8 Å². The fourth-order valence-corrected chi connectivity index (χ4v) is 2.06. The third kappa shape index (κ3) is 2.28. The first kappa shape index (κ1) is 13.4. The molecule has 1 heterocycles. The zero-order valence-electron chi connectivity index (χ0n) is 10.3. The van der Waals surface area contributed by atoms with E-state index >= 15 is 0 Å². The Balaban J connectivity index is 2.61. The van der Waals surface area contributed by atoms with Gasteiger partial charge in [0.05, 0.1) is 32.0 Å². The van der Waals surface area contributed by atoms with Crippen molar-refractivity contribution < 1.29 is 9.72 Å². The van der Waals surface area contributed by atoms with Crippen LogP contribution in [0.2, 0.25) is 0 Å². The maximum Gasteiger partial charge on any atom is 0.280 e. The lowest BCUT2D eigenvalue weighted by Crippen LogP contribution is -2.02. The highest BCUT2D eigenvalue weighted by atomic mass is 79.9. The quantitative estimate of drug-likeness (QED) is 0.494. The topological polar surface area (TPSA) is 78.0 Å². The van der Waals surface area contributed by atoms with E-state index in [1.54, 1.807) is 10.7 Å². The maximum absolute atomic E-state index is 10.9. The van der Waals surface area contributed by atoms with Crippen LogP contribution in [0.1, 0.15) is 21.7 Å². The molecule has 0 atom stereocenters. The Morgan fingerprint density at radius 1 is 1.42 bits per heavy atom. The zero-order chi connectivity index (χ0) is 14.2. The van der Waals surface area contributed by atoms with E-state index in [1.165, 1.54) is 12.1 Å². The van der Waals surface area contributed by atoms with Crippen molar-refractivity contribution in [3.05, 3.63) is 49.7 Å². The van der Waals surface area contributed by atoms with Gasteiger partial charge in [0.2, 0.25) is 0 Å². The van der Waals surface area contributed by atoms with Gasteiger partial charge in [-0.1, -0.05) is 0 Å². The largest absolute Gasteiger partial charge is 0.298 e. The van der Waals surface area contributed by atoms with Crippen molar-refractivity contribution >= 4 is 27.9 Å². The number of nitrogens with zero attached hydrogens (tertiary/aromatic N) is 3. The smallest absolute Gasteiger partial charge is 0.280 e. The maximum atomic E-state index is 10.9. The van der Waals surface area contributed by atoms with Crippen LogP contribution in [-0.4, -0.2) is 21.0 Å². The summed E-state index contributed by atoms with van der Waals surface area (Å²) in [6.07, 6.45) is 0.475. The van der Waals surface area contributed by atoms with Crippen molar-refractivity contribution in [1.82, 2.24) is 9.78 Å². The molecule has 1 aromatic heterocycles. The molecule has 0 aliphatic heterocycles.